The monoisotopic (exact) mass is 328 g/mol. The van der Waals surface area contributed by atoms with Crippen molar-refractivity contribution in [2.24, 2.45) is 0 Å². The standard InChI is InChI=1S/C15H13BrN4/c16-11-5-3-4-10(8-11)9-18-14-12-6-1-2-7-13(12)19-15(17)20-14/h1-8H,9H2,(H3,17,18,19,20). The lowest BCUT2D eigenvalue weighted by Gasteiger charge is -2.09. The summed E-state index contributed by atoms with van der Waals surface area (Å²) in [6.07, 6.45) is 0. The van der Waals surface area contributed by atoms with Gasteiger partial charge in [-0.05, 0) is 29.8 Å². The smallest absolute Gasteiger partial charge is 0.222 e. The molecule has 2 aromatic carbocycles. The van der Waals surface area contributed by atoms with Gasteiger partial charge in [-0.25, -0.2) is 4.98 Å². The molecule has 0 unspecified atom stereocenters. The van der Waals surface area contributed by atoms with E-state index in [4.69, 9.17) is 5.73 Å². The average molecular weight is 329 g/mol. The first kappa shape index (κ1) is 12.9. The zero-order valence-corrected chi connectivity index (χ0v) is 12.3. The van der Waals surface area contributed by atoms with Crippen LogP contribution in [-0.2, 0) is 6.54 Å². The number of nitrogen functional groups attached to an aromatic ring is 1. The van der Waals surface area contributed by atoms with Crippen LogP contribution in [0.4, 0.5) is 11.8 Å². The molecule has 0 aliphatic rings. The minimum absolute atomic E-state index is 0.278. The number of nitrogens with two attached hydrogens (primary N) is 1. The van der Waals surface area contributed by atoms with Crippen molar-refractivity contribution in [3.8, 4) is 0 Å². The Hall–Kier alpha value is -2.14. The number of rotatable bonds is 3. The van der Waals surface area contributed by atoms with Crippen molar-refractivity contribution in [2.75, 3.05) is 11.1 Å². The van der Waals surface area contributed by atoms with E-state index in [-0.39, 0.29) is 5.95 Å². The molecule has 20 heavy (non-hydrogen) atoms. The molecule has 0 radical (unpaired) electrons. The molecule has 100 valence electrons. The fraction of sp³-hybridized carbons (Fsp3) is 0.0667. The first-order valence-electron chi connectivity index (χ1n) is 6.23. The molecule has 1 heterocycles. The first-order chi connectivity index (χ1) is 9.72. The Morgan fingerprint density at radius 3 is 2.75 bits per heavy atom. The van der Waals surface area contributed by atoms with Gasteiger partial charge in [-0.2, -0.15) is 4.98 Å². The molecule has 3 N–H and O–H groups in total. The molecule has 3 rings (SSSR count). The van der Waals surface area contributed by atoms with Crippen LogP contribution >= 0.6 is 15.9 Å². The minimum Gasteiger partial charge on any atom is -0.368 e. The van der Waals surface area contributed by atoms with E-state index in [1.807, 2.05) is 36.4 Å². The molecule has 0 saturated carbocycles. The van der Waals surface area contributed by atoms with Crippen molar-refractivity contribution >= 4 is 38.6 Å². The number of benzene rings is 2. The maximum absolute atomic E-state index is 5.75. The lowest BCUT2D eigenvalue weighted by molar-refractivity contribution is 1.11. The lowest BCUT2D eigenvalue weighted by Crippen LogP contribution is -2.05. The summed E-state index contributed by atoms with van der Waals surface area (Å²) in [6, 6.07) is 16.0. The van der Waals surface area contributed by atoms with E-state index in [1.165, 1.54) is 5.56 Å². The van der Waals surface area contributed by atoms with Crippen molar-refractivity contribution in [3.05, 3.63) is 58.6 Å². The Morgan fingerprint density at radius 2 is 1.90 bits per heavy atom. The topological polar surface area (TPSA) is 63.8 Å². The number of hydrogen-bond acceptors (Lipinski definition) is 4. The van der Waals surface area contributed by atoms with E-state index in [1.54, 1.807) is 0 Å². The van der Waals surface area contributed by atoms with Crippen molar-refractivity contribution < 1.29 is 0 Å². The van der Waals surface area contributed by atoms with Gasteiger partial charge < -0.3 is 11.1 Å². The summed E-state index contributed by atoms with van der Waals surface area (Å²) in [4.78, 5) is 8.51. The number of hydrogen-bond donors (Lipinski definition) is 2. The van der Waals surface area contributed by atoms with Crippen LogP contribution in [0.15, 0.2) is 53.0 Å². The van der Waals surface area contributed by atoms with Crippen molar-refractivity contribution in [1.29, 1.82) is 0 Å². The van der Waals surface area contributed by atoms with E-state index in [0.717, 1.165) is 21.2 Å². The third-order valence-electron chi connectivity index (χ3n) is 2.97. The lowest BCUT2D eigenvalue weighted by atomic mass is 10.2. The molecule has 0 aliphatic carbocycles. The van der Waals surface area contributed by atoms with Crippen molar-refractivity contribution in [2.45, 2.75) is 6.54 Å². The van der Waals surface area contributed by atoms with Crippen LogP contribution in [0, 0.1) is 0 Å². The summed E-state index contributed by atoms with van der Waals surface area (Å²) in [6.45, 7) is 0.680. The van der Waals surface area contributed by atoms with Crippen LogP contribution < -0.4 is 11.1 Å². The van der Waals surface area contributed by atoms with Gasteiger partial charge in [0.25, 0.3) is 0 Å². The van der Waals surface area contributed by atoms with Gasteiger partial charge in [-0.15, -0.1) is 0 Å². The number of nitrogens with one attached hydrogen (secondary N) is 1. The number of anilines is 2. The Bertz CT molecular complexity index is 758. The number of aromatic nitrogens is 2. The quantitative estimate of drug-likeness (QED) is 0.771. The maximum Gasteiger partial charge on any atom is 0.222 e. The predicted octanol–water partition coefficient (Wildman–Crippen LogP) is 3.59. The Kier molecular flexibility index (Phi) is 3.52. The zero-order valence-electron chi connectivity index (χ0n) is 10.7. The maximum atomic E-state index is 5.75. The number of para-hydroxylation sites is 1. The van der Waals surface area contributed by atoms with Crippen LogP contribution in [0.25, 0.3) is 10.9 Å². The summed E-state index contributed by atoms with van der Waals surface area (Å²) in [7, 11) is 0. The Labute approximate surface area is 125 Å². The largest absolute Gasteiger partial charge is 0.368 e. The van der Waals surface area contributed by atoms with Gasteiger partial charge in [-0.3, -0.25) is 0 Å². The van der Waals surface area contributed by atoms with Crippen LogP contribution in [-0.4, -0.2) is 9.97 Å². The van der Waals surface area contributed by atoms with Crippen LogP contribution in [0.1, 0.15) is 5.56 Å². The highest BCUT2D eigenvalue weighted by atomic mass is 79.9. The summed E-state index contributed by atoms with van der Waals surface area (Å²) in [5.41, 5.74) is 7.76. The number of halogens is 1. The second-order valence-electron chi connectivity index (χ2n) is 4.43. The van der Waals surface area contributed by atoms with Gasteiger partial charge in [0.1, 0.15) is 5.82 Å². The Morgan fingerprint density at radius 1 is 1.05 bits per heavy atom. The normalized spacial score (nSPS) is 10.7. The van der Waals surface area contributed by atoms with E-state index < -0.39 is 0 Å². The van der Waals surface area contributed by atoms with Gasteiger partial charge in [0.2, 0.25) is 5.95 Å². The number of nitrogens with zero attached hydrogens (tertiary/aromatic N) is 2. The molecular weight excluding hydrogens is 316 g/mol. The molecule has 0 atom stereocenters. The minimum atomic E-state index is 0.278. The van der Waals surface area contributed by atoms with Gasteiger partial charge >= 0.3 is 0 Å². The van der Waals surface area contributed by atoms with Gasteiger partial charge in [-0.1, -0.05) is 40.2 Å². The second-order valence-corrected chi connectivity index (χ2v) is 5.35. The molecule has 0 saturated heterocycles. The van der Waals surface area contributed by atoms with Crippen LogP contribution in [0.2, 0.25) is 0 Å². The SMILES string of the molecule is Nc1nc(NCc2cccc(Br)c2)c2ccccc2n1. The first-order valence-corrected chi connectivity index (χ1v) is 7.02. The highest BCUT2D eigenvalue weighted by molar-refractivity contribution is 9.10. The van der Waals surface area contributed by atoms with Gasteiger partial charge in [0.05, 0.1) is 5.52 Å². The molecular formula is C15H13BrN4. The van der Waals surface area contributed by atoms with Crippen molar-refractivity contribution in [3.63, 3.8) is 0 Å². The molecule has 1 aromatic heterocycles. The molecule has 0 bridgehead atoms. The molecule has 0 amide bonds. The summed E-state index contributed by atoms with van der Waals surface area (Å²) in [5.74, 6) is 1.04. The van der Waals surface area contributed by atoms with Crippen LogP contribution in [0.3, 0.4) is 0 Å². The summed E-state index contributed by atoms with van der Waals surface area (Å²) < 4.78 is 1.06. The highest BCUT2D eigenvalue weighted by Crippen LogP contribution is 2.21. The molecule has 0 fully saturated rings. The van der Waals surface area contributed by atoms with Crippen molar-refractivity contribution in [1.82, 2.24) is 9.97 Å². The molecule has 5 heteroatoms. The summed E-state index contributed by atoms with van der Waals surface area (Å²) in [5, 5.41) is 4.29. The highest BCUT2D eigenvalue weighted by Gasteiger charge is 2.05. The van der Waals surface area contributed by atoms with Gasteiger partial charge in [0.15, 0.2) is 0 Å². The average Bonchev–Trinajstić information content (AvgIpc) is 2.44. The fourth-order valence-electron chi connectivity index (χ4n) is 2.06. The summed E-state index contributed by atoms with van der Waals surface area (Å²) >= 11 is 3.47. The molecule has 4 nitrogen and oxygen atoms in total. The van der Waals surface area contributed by atoms with E-state index in [9.17, 15) is 0 Å². The van der Waals surface area contributed by atoms with Gasteiger partial charge in [0, 0.05) is 16.4 Å². The van der Waals surface area contributed by atoms with E-state index >= 15 is 0 Å². The zero-order chi connectivity index (χ0) is 13.9. The second kappa shape index (κ2) is 5.46. The predicted molar refractivity (Wildman–Crippen MR) is 85.4 cm³/mol. The molecule has 0 spiro atoms. The van der Waals surface area contributed by atoms with E-state index in [2.05, 4.69) is 43.3 Å². The number of fused-ring (bicyclic) bond motifs is 1. The third kappa shape index (κ3) is 2.72. The molecule has 3 aromatic rings. The Balaban J connectivity index is 1.91. The fourth-order valence-corrected chi connectivity index (χ4v) is 2.51. The van der Waals surface area contributed by atoms with Crippen LogP contribution in [0.5, 0.6) is 0 Å². The molecule has 0 aliphatic heterocycles. The third-order valence-corrected chi connectivity index (χ3v) is 3.46. The van der Waals surface area contributed by atoms with E-state index in [0.29, 0.717) is 6.54 Å².